The highest BCUT2D eigenvalue weighted by Crippen LogP contribution is 2.30. The van der Waals surface area contributed by atoms with E-state index < -0.39 is 20.9 Å². The Morgan fingerprint density at radius 2 is 2.00 bits per heavy atom. The van der Waals surface area contributed by atoms with Crippen LogP contribution in [0.4, 0.5) is 5.13 Å². The van der Waals surface area contributed by atoms with Crippen molar-refractivity contribution in [2.24, 2.45) is 0 Å². The Hall–Kier alpha value is -3.75. The third kappa shape index (κ3) is 6.63. The minimum absolute atomic E-state index is 0.0264. The van der Waals surface area contributed by atoms with Gasteiger partial charge in [-0.3, -0.25) is 10.1 Å². The molecular formula is C23H22N4O5S2. The van der Waals surface area contributed by atoms with Crippen LogP contribution in [0.2, 0.25) is 0 Å². The van der Waals surface area contributed by atoms with Crippen LogP contribution in [0.5, 0.6) is 11.5 Å². The highest BCUT2D eigenvalue weighted by atomic mass is 32.2. The van der Waals surface area contributed by atoms with E-state index in [1.54, 1.807) is 18.2 Å². The van der Waals surface area contributed by atoms with E-state index in [0.717, 1.165) is 17.4 Å². The Morgan fingerprint density at radius 3 is 2.65 bits per heavy atom. The molecule has 11 heteroatoms. The van der Waals surface area contributed by atoms with Gasteiger partial charge in [-0.05, 0) is 43.2 Å². The number of nitrogens with one attached hydrogen (secondary N) is 1. The van der Waals surface area contributed by atoms with Crippen molar-refractivity contribution in [1.29, 1.82) is 5.26 Å². The molecule has 3 aromatic rings. The predicted octanol–water partition coefficient (Wildman–Crippen LogP) is 3.77. The van der Waals surface area contributed by atoms with Crippen molar-refractivity contribution in [3.05, 3.63) is 64.7 Å². The smallest absolute Gasteiger partial charge is 0.268 e. The Balaban J connectivity index is 1.78. The van der Waals surface area contributed by atoms with Crippen molar-refractivity contribution in [3.63, 3.8) is 0 Å². The molecule has 176 valence electrons. The van der Waals surface area contributed by atoms with Gasteiger partial charge in [0.25, 0.3) is 11.1 Å². The number of rotatable bonds is 9. The zero-order valence-electron chi connectivity index (χ0n) is 18.7. The summed E-state index contributed by atoms with van der Waals surface area (Å²) >= 11 is 0.709. The first-order valence-corrected chi connectivity index (χ1v) is 12.8. The van der Waals surface area contributed by atoms with E-state index in [-0.39, 0.29) is 10.7 Å². The third-order valence-corrected chi connectivity index (χ3v) is 5.97. The lowest BCUT2D eigenvalue weighted by molar-refractivity contribution is -0.112. The quantitative estimate of drug-likeness (QED) is 0.348. The largest absolute Gasteiger partial charge is 0.490 e. The van der Waals surface area contributed by atoms with Crippen LogP contribution in [0.25, 0.3) is 6.08 Å². The van der Waals surface area contributed by atoms with Crippen molar-refractivity contribution in [2.45, 2.75) is 25.6 Å². The number of carbonyl (C=O) groups is 1. The molecule has 0 aliphatic rings. The molecule has 1 heterocycles. The predicted molar refractivity (Wildman–Crippen MR) is 128 cm³/mol. The van der Waals surface area contributed by atoms with Crippen LogP contribution in [0.15, 0.2) is 53.2 Å². The molecule has 3 rings (SSSR count). The van der Waals surface area contributed by atoms with Crippen LogP contribution in [0.1, 0.15) is 23.6 Å². The SMILES string of the molecule is CCOc1cc(/C=C(/C#N)C(=O)Nc2nc(S(C)(=O)=O)ns2)ccc1OCc1cccc(C)c1. The fourth-order valence-electron chi connectivity index (χ4n) is 2.86. The lowest BCUT2D eigenvalue weighted by atomic mass is 10.1. The van der Waals surface area contributed by atoms with Gasteiger partial charge >= 0.3 is 0 Å². The molecule has 0 fully saturated rings. The zero-order valence-corrected chi connectivity index (χ0v) is 20.4. The van der Waals surface area contributed by atoms with Gasteiger partial charge in [0.15, 0.2) is 11.5 Å². The first kappa shape index (κ1) is 24.9. The number of hydrogen-bond donors (Lipinski definition) is 1. The topological polar surface area (TPSA) is 131 Å². The molecule has 0 aliphatic carbocycles. The molecule has 2 aromatic carbocycles. The van der Waals surface area contributed by atoms with Gasteiger partial charge in [0.05, 0.1) is 6.61 Å². The number of carbonyl (C=O) groups excluding carboxylic acids is 1. The molecule has 0 bridgehead atoms. The molecule has 34 heavy (non-hydrogen) atoms. The summed E-state index contributed by atoms with van der Waals surface area (Å²) in [6.07, 6.45) is 2.35. The summed E-state index contributed by atoms with van der Waals surface area (Å²) in [5.41, 5.74) is 2.50. The average Bonchev–Trinajstić information content (AvgIpc) is 3.26. The summed E-state index contributed by atoms with van der Waals surface area (Å²) in [5, 5.41) is 11.4. The van der Waals surface area contributed by atoms with E-state index in [4.69, 9.17) is 9.47 Å². The van der Waals surface area contributed by atoms with E-state index in [1.807, 2.05) is 44.2 Å². The Kier molecular flexibility index (Phi) is 7.99. The van der Waals surface area contributed by atoms with Crippen molar-refractivity contribution in [1.82, 2.24) is 9.36 Å². The molecular weight excluding hydrogens is 476 g/mol. The maximum atomic E-state index is 12.5. The average molecular weight is 499 g/mol. The molecule has 0 aliphatic heterocycles. The fourth-order valence-corrected chi connectivity index (χ4v) is 4.30. The van der Waals surface area contributed by atoms with E-state index >= 15 is 0 Å². The maximum absolute atomic E-state index is 12.5. The number of ether oxygens (including phenoxy) is 2. The molecule has 0 saturated carbocycles. The highest BCUT2D eigenvalue weighted by molar-refractivity contribution is 7.90. The van der Waals surface area contributed by atoms with Crippen molar-refractivity contribution in [2.75, 3.05) is 18.2 Å². The lowest BCUT2D eigenvalue weighted by Gasteiger charge is -2.13. The van der Waals surface area contributed by atoms with Crippen LogP contribution in [-0.4, -0.2) is 36.5 Å². The lowest BCUT2D eigenvalue weighted by Crippen LogP contribution is -2.13. The Morgan fingerprint density at radius 1 is 1.21 bits per heavy atom. The first-order valence-electron chi connectivity index (χ1n) is 10.1. The number of nitriles is 1. The van der Waals surface area contributed by atoms with Crippen LogP contribution in [0.3, 0.4) is 0 Å². The number of aromatic nitrogens is 2. The fraction of sp³-hybridized carbons (Fsp3) is 0.217. The van der Waals surface area contributed by atoms with Gasteiger partial charge in [-0.2, -0.15) is 14.6 Å². The number of benzene rings is 2. The van der Waals surface area contributed by atoms with Gasteiger partial charge < -0.3 is 9.47 Å². The standard InChI is InChI=1S/C23H22N4O5S2/c1-4-31-20-12-16(8-9-19(20)32-14-17-7-5-6-15(2)10-17)11-18(13-24)21(28)25-22-26-23(27-33-22)34(3,29)30/h5-12H,4,14H2,1-3H3,(H,25,26,27,28)/b18-11-. The third-order valence-electron chi connectivity index (χ3n) is 4.38. The molecule has 0 saturated heterocycles. The summed E-state index contributed by atoms with van der Waals surface area (Å²) in [7, 11) is -3.60. The van der Waals surface area contributed by atoms with E-state index in [0.29, 0.717) is 41.8 Å². The molecule has 1 amide bonds. The minimum Gasteiger partial charge on any atom is -0.490 e. The summed E-state index contributed by atoms with van der Waals surface area (Å²) in [5.74, 6) is 0.269. The van der Waals surface area contributed by atoms with E-state index in [2.05, 4.69) is 14.7 Å². The van der Waals surface area contributed by atoms with Crippen LogP contribution >= 0.6 is 11.5 Å². The maximum Gasteiger partial charge on any atom is 0.268 e. The van der Waals surface area contributed by atoms with Crippen molar-refractivity contribution in [3.8, 4) is 17.6 Å². The molecule has 0 radical (unpaired) electrons. The van der Waals surface area contributed by atoms with E-state index in [9.17, 15) is 18.5 Å². The Bertz CT molecular complexity index is 1370. The van der Waals surface area contributed by atoms with Crippen LogP contribution in [-0.2, 0) is 21.2 Å². The number of anilines is 1. The molecule has 1 aromatic heterocycles. The molecule has 0 spiro atoms. The van der Waals surface area contributed by atoms with E-state index in [1.165, 1.54) is 6.08 Å². The van der Waals surface area contributed by atoms with Crippen LogP contribution < -0.4 is 14.8 Å². The van der Waals surface area contributed by atoms with Crippen LogP contribution in [0, 0.1) is 18.3 Å². The molecule has 0 unspecified atom stereocenters. The summed E-state index contributed by atoms with van der Waals surface area (Å²) in [6.45, 7) is 4.61. The zero-order chi connectivity index (χ0) is 24.7. The van der Waals surface area contributed by atoms with Gasteiger partial charge in [-0.1, -0.05) is 35.9 Å². The van der Waals surface area contributed by atoms with Crippen molar-refractivity contribution >= 4 is 38.5 Å². The normalized spacial score (nSPS) is 11.5. The molecule has 1 N–H and O–H groups in total. The number of sulfone groups is 1. The highest BCUT2D eigenvalue weighted by Gasteiger charge is 2.18. The first-order chi connectivity index (χ1) is 16.2. The minimum atomic E-state index is -3.60. The Labute approximate surface area is 201 Å². The molecule has 9 nitrogen and oxygen atoms in total. The molecule has 0 atom stereocenters. The number of hydrogen-bond acceptors (Lipinski definition) is 9. The monoisotopic (exact) mass is 498 g/mol. The second-order valence-corrected chi connectivity index (χ2v) is 9.86. The second kappa shape index (κ2) is 10.9. The van der Waals surface area contributed by atoms with Gasteiger partial charge in [0, 0.05) is 17.8 Å². The van der Waals surface area contributed by atoms with Gasteiger partial charge in [-0.25, -0.2) is 8.42 Å². The summed E-state index contributed by atoms with van der Waals surface area (Å²) in [6, 6.07) is 14.9. The number of aryl methyl sites for hydroxylation is 1. The second-order valence-electron chi connectivity index (χ2n) is 7.20. The number of amides is 1. The van der Waals surface area contributed by atoms with Gasteiger partial charge in [0.1, 0.15) is 18.2 Å². The summed E-state index contributed by atoms with van der Waals surface area (Å²) in [4.78, 5) is 16.3. The summed E-state index contributed by atoms with van der Waals surface area (Å²) < 4.78 is 38.3. The van der Waals surface area contributed by atoms with Gasteiger partial charge in [0.2, 0.25) is 15.0 Å². The number of nitrogens with zero attached hydrogens (tertiary/aromatic N) is 3. The van der Waals surface area contributed by atoms with Crippen molar-refractivity contribution < 1.29 is 22.7 Å². The van der Waals surface area contributed by atoms with Gasteiger partial charge in [-0.15, -0.1) is 0 Å².